The maximum absolute atomic E-state index is 5.79. The van der Waals surface area contributed by atoms with Gasteiger partial charge in [-0.2, -0.15) is 0 Å². The summed E-state index contributed by atoms with van der Waals surface area (Å²) in [6.45, 7) is 3.89. The predicted molar refractivity (Wildman–Crippen MR) is 76.8 cm³/mol. The average Bonchev–Trinajstić information content (AvgIpc) is 3.17. The fourth-order valence-corrected chi connectivity index (χ4v) is 2.95. The van der Waals surface area contributed by atoms with Crippen molar-refractivity contribution < 1.29 is 9.47 Å². The minimum Gasteiger partial charge on any atom is -0.377 e. The van der Waals surface area contributed by atoms with Crippen LogP contribution in [0.1, 0.15) is 25.3 Å². The normalized spacial score (nSPS) is 33.3. The second kappa shape index (κ2) is 5.89. The number of fused-ring (bicyclic) bond motifs is 1. The summed E-state index contributed by atoms with van der Waals surface area (Å²) in [5.74, 6) is 1.41. The largest absolute Gasteiger partial charge is 0.377 e. The van der Waals surface area contributed by atoms with E-state index in [1.165, 1.54) is 18.4 Å². The summed E-state index contributed by atoms with van der Waals surface area (Å²) in [6, 6.07) is 10.3. The molecule has 2 aliphatic rings. The molecule has 4 atom stereocenters. The summed E-state index contributed by atoms with van der Waals surface area (Å²) >= 11 is 0. The van der Waals surface area contributed by atoms with E-state index in [1.54, 1.807) is 0 Å². The first-order valence-corrected chi connectivity index (χ1v) is 7.27. The van der Waals surface area contributed by atoms with Crippen LogP contribution in [0.2, 0.25) is 0 Å². The Labute approximate surface area is 115 Å². The smallest absolute Gasteiger partial charge is 0.0845 e. The van der Waals surface area contributed by atoms with E-state index in [4.69, 9.17) is 9.47 Å². The molecule has 1 aliphatic carbocycles. The lowest BCUT2D eigenvalue weighted by Gasteiger charge is -2.25. The summed E-state index contributed by atoms with van der Waals surface area (Å²) in [5.41, 5.74) is 1.23. The van der Waals surface area contributed by atoms with Gasteiger partial charge in [0.05, 0.1) is 25.4 Å². The zero-order valence-corrected chi connectivity index (χ0v) is 11.5. The van der Waals surface area contributed by atoms with Gasteiger partial charge in [-0.1, -0.05) is 49.4 Å². The minimum atomic E-state index is 0.546. The molecular formula is C17H22O2. The molecule has 1 aromatic rings. The third-order valence-electron chi connectivity index (χ3n) is 4.29. The molecule has 1 aliphatic heterocycles. The van der Waals surface area contributed by atoms with E-state index in [0.717, 1.165) is 12.5 Å². The monoisotopic (exact) mass is 258 g/mol. The molecule has 2 fully saturated rings. The fourth-order valence-electron chi connectivity index (χ4n) is 2.95. The molecule has 3 rings (SSSR count). The molecule has 2 nitrogen and oxygen atoms in total. The minimum absolute atomic E-state index is 0.546. The molecule has 1 saturated heterocycles. The van der Waals surface area contributed by atoms with Crippen LogP contribution in [0.3, 0.4) is 0 Å². The second-order valence-corrected chi connectivity index (χ2v) is 5.77. The lowest BCUT2D eigenvalue weighted by molar-refractivity contribution is 0.0863. The van der Waals surface area contributed by atoms with E-state index in [-0.39, 0.29) is 0 Å². The van der Waals surface area contributed by atoms with Gasteiger partial charge in [0.15, 0.2) is 0 Å². The lowest BCUT2D eigenvalue weighted by atomic mass is 9.81. The Morgan fingerprint density at radius 3 is 2.84 bits per heavy atom. The molecule has 0 N–H and O–H groups in total. The van der Waals surface area contributed by atoms with E-state index in [2.05, 4.69) is 43.3 Å². The molecule has 0 spiro atoms. The first kappa shape index (κ1) is 12.9. The third-order valence-corrected chi connectivity index (χ3v) is 4.29. The number of hydrogen-bond donors (Lipinski definition) is 0. The van der Waals surface area contributed by atoms with Crippen molar-refractivity contribution in [3.8, 4) is 0 Å². The van der Waals surface area contributed by atoms with E-state index >= 15 is 0 Å². The second-order valence-electron chi connectivity index (χ2n) is 5.77. The number of rotatable bonds is 5. The highest BCUT2D eigenvalue weighted by molar-refractivity contribution is 5.48. The number of benzene rings is 1. The van der Waals surface area contributed by atoms with Crippen molar-refractivity contribution in [1.29, 1.82) is 0 Å². The summed E-state index contributed by atoms with van der Waals surface area (Å²) in [6.07, 6.45) is 7.74. The van der Waals surface area contributed by atoms with Crippen molar-refractivity contribution in [3.05, 3.63) is 42.0 Å². The maximum atomic E-state index is 5.79. The lowest BCUT2D eigenvalue weighted by Crippen LogP contribution is -2.26. The van der Waals surface area contributed by atoms with Crippen LogP contribution in [0, 0.1) is 11.8 Å². The van der Waals surface area contributed by atoms with Crippen LogP contribution in [-0.4, -0.2) is 25.4 Å². The molecule has 0 bridgehead atoms. The van der Waals surface area contributed by atoms with Gasteiger partial charge in [0.2, 0.25) is 0 Å². The molecule has 0 amide bonds. The van der Waals surface area contributed by atoms with Crippen LogP contribution in [0.4, 0.5) is 0 Å². The predicted octanol–water partition coefficient (Wildman–Crippen LogP) is 3.53. The van der Waals surface area contributed by atoms with Gasteiger partial charge >= 0.3 is 0 Å². The molecular weight excluding hydrogens is 236 g/mol. The van der Waals surface area contributed by atoms with Crippen LogP contribution in [0.5, 0.6) is 0 Å². The van der Waals surface area contributed by atoms with E-state index < -0.39 is 0 Å². The van der Waals surface area contributed by atoms with Crippen molar-refractivity contribution in [1.82, 2.24) is 0 Å². The van der Waals surface area contributed by atoms with Crippen LogP contribution in [-0.2, 0) is 9.47 Å². The van der Waals surface area contributed by atoms with Crippen molar-refractivity contribution in [3.63, 3.8) is 0 Å². The Morgan fingerprint density at radius 2 is 2.00 bits per heavy atom. The van der Waals surface area contributed by atoms with Gasteiger partial charge in [0, 0.05) is 0 Å². The summed E-state index contributed by atoms with van der Waals surface area (Å²) < 4.78 is 11.4. The van der Waals surface area contributed by atoms with Crippen LogP contribution >= 0.6 is 0 Å². The molecule has 4 unspecified atom stereocenters. The zero-order valence-electron chi connectivity index (χ0n) is 11.5. The Hall–Kier alpha value is -1.12. The summed E-state index contributed by atoms with van der Waals surface area (Å²) in [7, 11) is 0. The van der Waals surface area contributed by atoms with Crippen molar-refractivity contribution in [2.75, 3.05) is 13.2 Å². The Balaban J connectivity index is 1.37. The maximum Gasteiger partial charge on any atom is 0.0845 e. The first-order valence-electron chi connectivity index (χ1n) is 7.27. The van der Waals surface area contributed by atoms with Crippen LogP contribution < -0.4 is 0 Å². The van der Waals surface area contributed by atoms with Gasteiger partial charge in [-0.15, -0.1) is 0 Å². The molecule has 0 radical (unpaired) electrons. The Morgan fingerprint density at radius 1 is 1.21 bits per heavy atom. The van der Waals surface area contributed by atoms with Crippen molar-refractivity contribution >= 4 is 6.08 Å². The van der Waals surface area contributed by atoms with E-state index in [9.17, 15) is 0 Å². The van der Waals surface area contributed by atoms with E-state index in [0.29, 0.717) is 24.7 Å². The quantitative estimate of drug-likeness (QED) is 0.595. The van der Waals surface area contributed by atoms with Gasteiger partial charge in [-0.05, 0) is 30.2 Å². The number of epoxide rings is 1. The van der Waals surface area contributed by atoms with E-state index in [1.807, 2.05) is 6.07 Å². The van der Waals surface area contributed by atoms with Crippen molar-refractivity contribution in [2.45, 2.75) is 32.0 Å². The molecule has 102 valence electrons. The molecule has 1 heterocycles. The molecule has 0 aromatic heterocycles. The average molecular weight is 258 g/mol. The highest BCUT2D eigenvalue weighted by Gasteiger charge is 2.46. The molecule has 2 heteroatoms. The highest BCUT2D eigenvalue weighted by atomic mass is 16.6. The summed E-state index contributed by atoms with van der Waals surface area (Å²) in [4.78, 5) is 0. The van der Waals surface area contributed by atoms with Gasteiger partial charge in [-0.3, -0.25) is 0 Å². The SMILES string of the molecule is CC1CC2OC2CC1COCC=Cc1ccccc1. The first-order chi connectivity index (χ1) is 9.33. The third kappa shape index (κ3) is 3.46. The van der Waals surface area contributed by atoms with Gasteiger partial charge in [0.1, 0.15) is 0 Å². The van der Waals surface area contributed by atoms with Gasteiger partial charge in [0.25, 0.3) is 0 Å². The van der Waals surface area contributed by atoms with Crippen molar-refractivity contribution in [2.24, 2.45) is 11.8 Å². The van der Waals surface area contributed by atoms with Gasteiger partial charge in [-0.25, -0.2) is 0 Å². The summed E-state index contributed by atoms with van der Waals surface area (Å²) in [5, 5.41) is 0. The van der Waals surface area contributed by atoms with Gasteiger partial charge < -0.3 is 9.47 Å². The molecule has 1 aromatic carbocycles. The topological polar surface area (TPSA) is 21.8 Å². The molecule has 1 saturated carbocycles. The number of ether oxygens (including phenoxy) is 2. The highest BCUT2D eigenvalue weighted by Crippen LogP contribution is 2.42. The van der Waals surface area contributed by atoms with Crippen LogP contribution in [0.25, 0.3) is 6.08 Å². The zero-order chi connectivity index (χ0) is 13.1. The molecule has 19 heavy (non-hydrogen) atoms. The standard InChI is InChI=1S/C17H22O2/c1-13-10-16-17(19-16)11-15(13)12-18-9-5-8-14-6-3-2-4-7-14/h2-8,13,15-17H,9-12H2,1H3. The van der Waals surface area contributed by atoms with Crippen LogP contribution in [0.15, 0.2) is 36.4 Å². The number of hydrogen-bond acceptors (Lipinski definition) is 2. The Bertz CT molecular complexity index is 426. The fraction of sp³-hybridized carbons (Fsp3) is 0.529. The Kier molecular flexibility index (Phi) is 4.00.